The van der Waals surface area contributed by atoms with Gasteiger partial charge in [0.25, 0.3) is 5.91 Å². The van der Waals surface area contributed by atoms with Gasteiger partial charge in [-0.2, -0.15) is 13.2 Å². The molecule has 1 saturated heterocycles. The number of hydrogen-bond acceptors (Lipinski definition) is 3. The highest BCUT2D eigenvalue weighted by atomic mass is 19.4. The second-order valence-electron chi connectivity index (χ2n) is 6.74. The summed E-state index contributed by atoms with van der Waals surface area (Å²) in [5, 5.41) is 2.63. The van der Waals surface area contributed by atoms with E-state index in [1.54, 1.807) is 30.3 Å². The van der Waals surface area contributed by atoms with Crippen LogP contribution in [0.15, 0.2) is 53.5 Å². The van der Waals surface area contributed by atoms with Crippen molar-refractivity contribution in [3.8, 4) is 0 Å². The number of carbonyl (C=O) groups is 1. The quantitative estimate of drug-likeness (QED) is 0.866. The second kappa shape index (κ2) is 8.02. The molecule has 0 atom stereocenters. The molecule has 1 aliphatic heterocycles. The van der Waals surface area contributed by atoms with E-state index in [0.29, 0.717) is 18.1 Å². The Labute approximate surface area is 161 Å². The van der Waals surface area contributed by atoms with E-state index in [4.69, 9.17) is 0 Å². The van der Waals surface area contributed by atoms with Gasteiger partial charge in [0.1, 0.15) is 5.84 Å². The Kier molecular flexibility index (Phi) is 5.69. The summed E-state index contributed by atoms with van der Waals surface area (Å²) in [5.41, 5.74) is -0.298. The highest BCUT2D eigenvalue weighted by molar-refractivity contribution is 6.08. The van der Waals surface area contributed by atoms with Gasteiger partial charge in [-0.25, -0.2) is 4.99 Å². The van der Waals surface area contributed by atoms with Crippen LogP contribution in [0.25, 0.3) is 0 Å². The maximum absolute atomic E-state index is 13.2. The predicted octanol–water partition coefficient (Wildman–Crippen LogP) is 3.86. The lowest BCUT2D eigenvalue weighted by Crippen LogP contribution is -2.46. The molecule has 1 aliphatic rings. The number of aliphatic imine (C=N–C) groups is 1. The first-order valence-corrected chi connectivity index (χ1v) is 8.79. The fourth-order valence-corrected chi connectivity index (χ4v) is 2.86. The zero-order valence-corrected chi connectivity index (χ0v) is 15.6. The van der Waals surface area contributed by atoms with Crippen LogP contribution in [0.3, 0.4) is 0 Å². The Bertz CT molecular complexity index is 881. The van der Waals surface area contributed by atoms with Crippen molar-refractivity contribution in [2.45, 2.75) is 6.18 Å². The number of likely N-dealkylation sites (N-methyl/N-ethyl adjacent to an activating group) is 2. The first kappa shape index (κ1) is 19.9. The third-order valence-corrected chi connectivity index (χ3v) is 4.52. The SMILES string of the molecule is CN1CCN(C)/C(=N\c2ccc(C(F)(F)F)cc2C(=O)Nc2ccccc2)C1. The molecular formula is C20H21F3N4O. The Morgan fingerprint density at radius 1 is 1.07 bits per heavy atom. The zero-order chi connectivity index (χ0) is 20.3. The van der Waals surface area contributed by atoms with Gasteiger partial charge >= 0.3 is 6.18 Å². The molecule has 1 heterocycles. The molecule has 5 nitrogen and oxygen atoms in total. The standard InChI is InChI=1S/C20H21F3N4O/c1-26-10-11-27(2)18(13-26)25-17-9-8-14(20(21,22)23)12-16(17)19(28)24-15-6-4-3-5-7-15/h3-9,12H,10-11,13H2,1-2H3,(H,24,28)/b25-18-. The van der Waals surface area contributed by atoms with Gasteiger partial charge < -0.3 is 10.2 Å². The van der Waals surface area contributed by atoms with Crippen molar-refractivity contribution < 1.29 is 18.0 Å². The molecular weight excluding hydrogens is 369 g/mol. The highest BCUT2D eigenvalue weighted by Gasteiger charge is 2.32. The van der Waals surface area contributed by atoms with Crippen molar-refractivity contribution in [3.63, 3.8) is 0 Å². The Balaban J connectivity index is 2.00. The van der Waals surface area contributed by atoms with Crippen LogP contribution in [0.5, 0.6) is 0 Å². The molecule has 0 aromatic heterocycles. The number of anilines is 1. The lowest BCUT2D eigenvalue weighted by Gasteiger charge is -2.32. The second-order valence-corrected chi connectivity index (χ2v) is 6.74. The van der Waals surface area contributed by atoms with Crippen LogP contribution >= 0.6 is 0 Å². The van der Waals surface area contributed by atoms with E-state index in [1.807, 2.05) is 19.0 Å². The first-order chi connectivity index (χ1) is 13.2. The van der Waals surface area contributed by atoms with Crippen molar-refractivity contribution >= 4 is 23.1 Å². The maximum atomic E-state index is 13.2. The molecule has 0 spiro atoms. The van der Waals surface area contributed by atoms with Crippen molar-refractivity contribution in [2.75, 3.05) is 39.0 Å². The fourth-order valence-electron chi connectivity index (χ4n) is 2.86. The van der Waals surface area contributed by atoms with Gasteiger partial charge in [0, 0.05) is 25.8 Å². The minimum atomic E-state index is -4.55. The molecule has 0 saturated carbocycles. The van der Waals surface area contributed by atoms with Crippen LogP contribution in [0.1, 0.15) is 15.9 Å². The van der Waals surface area contributed by atoms with Crippen molar-refractivity contribution in [3.05, 3.63) is 59.7 Å². The van der Waals surface area contributed by atoms with Crippen molar-refractivity contribution in [1.29, 1.82) is 0 Å². The average molecular weight is 390 g/mol. The Hall–Kier alpha value is -2.87. The van der Waals surface area contributed by atoms with Gasteiger partial charge in [-0.3, -0.25) is 9.69 Å². The molecule has 1 fully saturated rings. The summed E-state index contributed by atoms with van der Waals surface area (Å²) < 4.78 is 39.5. The molecule has 8 heteroatoms. The van der Waals surface area contributed by atoms with Crippen LogP contribution in [0, 0.1) is 0 Å². The first-order valence-electron chi connectivity index (χ1n) is 8.79. The summed E-state index contributed by atoms with van der Waals surface area (Å²) in [7, 11) is 3.82. The Morgan fingerprint density at radius 2 is 1.79 bits per heavy atom. The molecule has 0 bridgehead atoms. The van der Waals surface area contributed by atoms with Crippen molar-refractivity contribution in [2.24, 2.45) is 4.99 Å². The summed E-state index contributed by atoms with van der Waals surface area (Å²) in [6.07, 6.45) is -4.55. The fraction of sp³-hybridized carbons (Fsp3) is 0.300. The molecule has 0 unspecified atom stereocenters. The van der Waals surface area contributed by atoms with Crippen LogP contribution in [-0.4, -0.2) is 55.3 Å². The van der Waals surface area contributed by atoms with Crippen LogP contribution in [0.4, 0.5) is 24.5 Å². The number of nitrogens with zero attached hydrogens (tertiary/aromatic N) is 3. The Morgan fingerprint density at radius 3 is 2.46 bits per heavy atom. The van der Waals surface area contributed by atoms with Gasteiger partial charge in [0.2, 0.25) is 0 Å². The van der Waals surface area contributed by atoms with E-state index < -0.39 is 17.6 Å². The van der Waals surface area contributed by atoms with E-state index in [0.717, 1.165) is 25.2 Å². The normalized spacial score (nSPS) is 17.0. The maximum Gasteiger partial charge on any atom is 0.416 e. The summed E-state index contributed by atoms with van der Waals surface area (Å²) >= 11 is 0. The largest absolute Gasteiger partial charge is 0.416 e. The lowest BCUT2D eigenvalue weighted by atomic mass is 10.1. The molecule has 28 heavy (non-hydrogen) atoms. The van der Waals surface area contributed by atoms with E-state index in [1.165, 1.54) is 6.07 Å². The smallest absolute Gasteiger partial charge is 0.361 e. The number of amides is 1. The van der Waals surface area contributed by atoms with Crippen LogP contribution in [0.2, 0.25) is 0 Å². The third kappa shape index (κ3) is 4.69. The summed E-state index contributed by atoms with van der Waals surface area (Å²) in [5.74, 6) is 0.0609. The van der Waals surface area contributed by atoms with Gasteiger partial charge in [0.05, 0.1) is 23.4 Å². The van der Waals surface area contributed by atoms with E-state index in [2.05, 4.69) is 15.2 Å². The number of piperazine rings is 1. The summed E-state index contributed by atoms with van der Waals surface area (Å²) in [4.78, 5) is 21.2. The summed E-state index contributed by atoms with van der Waals surface area (Å²) in [6.45, 7) is 2.17. The van der Waals surface area contributed by atoms with Crippen LogP contribution in [-0.2, 0) is 6.18 Å². The van der Waals surface area contributed by atoms with Crippen LogP contribution < -0.4 is 5.32 Å². The molecule has 1 amide bonds. The topological polar surface area (TPSA) is 47.9 Å². The van der Waals surface area contributed by atoms with E-state index in [-0.39, 0.29) is 11.3 Å². The monoisotopic (exact) mass is 390 g/mol. The average Bonchev–Trinajstić information content (AvgIpc) is 2.65. The third-order valence-electron chi connectivity index (χ3n) is 4.52. The van der Waals surface area contributed by atoms with Gasteiger partial charge in [-0.05, 0) is 37.4 Å². The number of halogens is 3. The number of rotatable bonds is 3. The van der Waals surface area contributed by atoms with E-state index in [9.17, 15) is 18.0 Å². The van der Waals surface area contributed by atoms with Crippen molar-refractivity contribution in [1.82, 2.24) is 9.80 Å². The number of para-hydroxylation sites is 1. The number of nitrogens with one attached hydrogen (secondary N) is 1. The number of carbonyl (C=O) groups excluding carboxylic acids is 1. The molecule has 3 rings (SSSR count). The van der Waals surface area contributed by atoms with Gasteiger partial charge in [-0.1, -0.05) is 18.2 Å². The predicted molar refractivity (Wildman–Crippen MR) is 103 cm³/mol. The minimum Gasteiger partial charge on any atom is -0.361 e. The minimum absolute atomic E-state index is 0.118. The summed E-state index contributed by atoms with van der Waals surface area (Å²) in [6, 6.07) is 11.6. The molecule has 0 radical (unpaired) electrons. The number of benzene rings is 2. The molecule has 2 aromatic rings. The van der Waals surface area contributed by atoms with Gasteiger partial charge in [-0.15, -0.1) is 0 Å². The zero-order valence-electron chi connectivity index (χ0n) is 15.6. The highest BCUT2D eigenvalue weighted by Crippen LogP contribution is 2.33. The van der Waals surface area contributed by atoms with E-state index >= 15 is 0 Å². The molecule has 148 valence electrons. The molecule has 0 aliphatic carbocycles. The molecule has 2 aromatic carbocycles. The molecule has 1 N–H and O–H groups in total. The number of alkyl halides is 3. The lowest BCUT2D eigenvalue weighted by molar-refractivity contribution is -0.137. The number of hydrogen-bond donors (Lipinski definition) is 1. The number of amidine groups is 1. The van der Waals surface area contributed by atoms with Gasteiger partial charge in [0.15, 0.2) is 0 Å².